The Hall–Kier alpha value is -1.21. The second-order valence-electron chi connectivity index (χ2n) is 4.51. The highest BCUT2D eigenvalue weighted by Gasteiger charge is 2.14. The molecule has 0 unspecified atom stereocenters. The molecule has 0 saturated heterocycles. The van der Waals surface area contributed by atoms with E-state index in [0.29, 0.717) is 18.0 Å². The fourth-order valence-electron chi connectivity index (χ4n) is 1.86. The molecular weight excluding hydrogens is 292 g/mol. The molecule has 4 nitrogen and oxygen atoms in total. The maximum Gasteiger partial charge on any atom is 0.240 e. The van der Waals surface area contributed by atoms with Crippen molar-refractivity contribution in [1.82, 2.24) is 10.0 Å². The fraction of sp³-hybridized carbons (Fsp3) is 0.286. The van der Waals surface area contributed by atoms with Crippen molar-refractivity contribution < 1.29 is 8.42 Å². The van der Waals surface area contributed by atoms with Crippen molar-refractivity contribution in [3.63, 3.8) is 0 Å². The van der Waals surface area contributed by atoms with E-state index in [1.54, 1.807) is 29.5 Å². The van der Waals surface area contributed by atoms with Crippen LogP contribution in [0.25, 0.3) is 0 Å². The average Bonchev–Trinajstić information content (AvgIpc) is 2.83. The van der Waals surface area contributed by atoms with Crippen LogP contribution in [0, 0.1) is 6.92 Å². The highest BCUT2D eigenvalue weighted by Crippen LogP contribution is 2.16. The van der Waals surface area contributed by atoms with Crippen LogP contribution in [0.15, 0.2) is 41.3 Å². The van der Waals surface area contributed by atoms with Gasteiger partial charge in [-0.25, -0.2) is 13.1 Å². The first-order valence-corrected chi connectivity index (χ1v) is 8.60. The van der Waals surface area contributed by atoms with Gasteiger partial charge in [0, 0.05) is 22.8 Å². The van der Waals surface area contributed by atoms with Crippen molar-refractivity contribution in [2.24, 2.45) is 0 Å². The van der Waals surface area contributed by atoms with E-state index in [4.69, 9.17) is 0 Å². The summed E-state index contributed by atoms with van der Waals surface area (Å²) in [6, 6.07) is 10.9. The van der Waals surface area contributed by atoms with Gasteiger partial charge in [-0.05, 0) is 43.8 Å². The first-order chi connectivity index (χ1) is 9.51. The van der Waals surface area contributed by atoms with Crippen molar-refractivity contribution in [3.05, 3.63) is 51.7 Å². The van der Waals surface area contributed by atoms with E-state index in [2.05, 4.69) is 10.0 Å². The smallest absolute Gasteiger partial charge is 0.240 e. The first kappa shape index (κ1) is 15.2. The summed E-state index contributed by atoms with van der Waals surface area (Å²) in [5.74, 6) is 0. The lowest BCUT2D eigenvalue weighted by molar-refractivity contribution is 0.581. The molecule has 1 aromatic heterocycles. The summed E-state index contributed by atoms with van der Waals surface area (Å²) in [5.41, 5.74) is 0.947. The zero-order chi connectivity index (χ0) is 14.6. The molecule has 1 aromatic carbocycles. The minimum atomic E-state index is -3.46. The Kier molecular flexibility index (Phi) is 4.93. The molecule has 20 heavy (non-hydrogen) atoms. The van der Waals surface area contributed by atoms with Crippen molar-refractivity contribution in [3.8, 4) is 0 Å². The molecule has 0 aliphatic heterocycles. The number of hydrogen-bond acceptors (Lipinski definition) is 4. The van der Waals surface area contributed by atoms with Crippen LogP contribution in [0.5, 0.6) is 0 Å². The van der Waals surface area contributed by atoms with Crippen LogP contribution in [0.1, 0.15) is 15.3 Å². The summed E-state index contributed by atoms with van der Waals surface area (Å²) >= 11 is 1.60. The third kappa shape index (κ3) is 3.89. The number of nitrogens with one attached hydrogen (secondary N) is 2. The molecule has 108 valence electrons. The van der Waals surface area contributed by atoms with Gasteiger partial charge in [0.1, 0.15) is 0 Å². The summed E-state index contributed by atoms with van der Waals surface area (Å²) in [5, 5.41) is 3.01. The summed E-state index contributed by atoms with van der Waals surface area (Å²) in [7, 11) is -1.63. The lowest BCUT2D eigenvalue weighted by atomic mass is 10.2. The third-order valence-electron chi connectivity index (χ3n) is 2.82. The van der Waals surface area contributed by atoms with Gasteiger partial charge in [0.05, 0.1) is 4.90 Å². The van der Waals surface area contributed by atoms with Crippen LogP contribution < -0.4 is 10.0 Å². The molecule has 0 amide bonds. The Bertz CT molecular complexity index is 678. The predicted molar refractivity (Wildman–Crippen MR) is 82.3 cm³/mol. The molecule has 2 N–H and O–H groups in total. The van der Waals surface area contributed by atoms with Crippen molar-refractivity contribution in [2.45, 2.75) is 24.9 Å². The van der Waals surface area contributed by atoms with Gasteiger partial charge < -0.3 is 5.32 Å². The topological polar surface area (TPSA) is 58.2 Å². The number of sulfonamides is 1. The van der Waals surface area contributed by atoms with E-state index in [1.165, 1.54) is 4.88 Å². The van der Waals surface area contributed by atoms with Gasteiger partial charge in [-0.1, -0.05) is 12.1 Å². The van der Waals surface area contributed by atoms with Crippen LogP contribution in [0.4, 0.5) is 0 Å². The number of thiophene rings is 1. The SMILES string of the molecule is CNCc1cccc(S(=O)(=O)NCc2ccc(C)s2)c1. The molecule has 2 aromatic rings. The Balaban J connectivity index is 2.11. The van der Waals surface area contributed by atoms with Crippen molar-refractivity contribution in [1.29, 1.82) is 0 Å². The minimum absolute atomic E-state index is 0.304. The highest BCUT2D eigenvalue weighted by molar-refractivity contribution is 7.89. The summed E-state index contributed by atoms with van der Waals surface area (Å²) in [6.45, 7) is 2.98. The summed E-state index contributed by atoms with van der Waals surface area (Å²) in [6.07, 6.45) is 0. The normalized spacial score (nSPS) is 11.7. The van der Waals surface area contributed by atoms with Crippen LogP contribution in [0.2, 0.25) is 0 Å². The van der Waals surface area contributed by atoms with E-state index in [-0.39, 0.29) is 0 Å². The molecule has 0 spiro atoms. The standard InChI is InChI=1S/C14H18N2O2S2/c1-11-6-7-13(19-11)10-16-20(17,18)14-5-3-4-12(8-14)9-15-2/h3-8,15-16H,9-10H2,1-2H3. The van der Waals surface area contributed by atoms with Gasteiger partial charge in [-0.2, -0.15) is 0 Å². The number of rotatable bonds is 6. The fourth-order valence-corrected chi connectivity index (χ4v) is 3.85. The second-order valence-corrected chi connectivity index (χ2v) is 7.65. The number of aryl methyl sites for hydroxylation is 1. The van der Waals surface area contributed by atoms with Crippen LogP contribution in [-0.2, 0) is 23.1 Å². The average molecular weight is 310 g/mol. The van der Waals surface area contributed by atoms with Gasteiger partial charge in [0.25, 0.3) is 0 Å². The van der Waals surface area contributed by atoms with E-state index < -0.39 is 10.0 Å². The van der Waals surface area contributed by atoms with Gasteiger partial charge in [0.2, 0.25) is 10.0 Å². The highest BCUT2D eigenvalue weighted by atomic mass is 32.2. The Morgan fingerprint density at radius 1 is 1.15 bits per heavy atom. The molecule has 0 atom stereocenters. The van der Waals surface area contributed by atoms with Crippen LogP contribution in [-0.4, -0.2) is 15.5 Å². The summed E-state index contributed by atoms with van der Waals surface area (Å²) < 4.78 is 27.1. The predicted octanol–water partition coefficient (Wildman–Crippen LogP) is 2.25. The molecule has 0 radical (unpaired) electrons. The molecule has 6 heteroatoms. The van der Waals surface area contributed by atoms with Gasteiger partial charge in [0.15, 0.2) is 0 Å². The van der Waals surface area contributed by atoms with Crippen molar-refractivity contribution >= 4 is 21.4 Å². The molecular formula is C14H18N2O2S2. The quantitative estimate of drug-likeness (QED) is 0.860. The molecule has 0 saturated carbocycles. The molecule has 2 rings (SSSR count). The monoisotopic (exact) mass is 310 g/mol. The third-order valence-corrected chi connectivity index (χ3v) is 5.22. The Morgan fingerprint density at radius 3 is 2.60 bits per heavy atom. The Morgan fingerprint density at radius 2 is 1.95 bits per heavy atom. The maximum atomic E-state index is 12.2. The number of hydrogen-bond donors (Lipinski definition) is 2. The molecule has 0 bridgehead atoms. The van der Waals surface area contributed by atoms with Gasteiger partial charge >= 0.3 is 0 Å². The zero-order valence-corrected chi connectivity index (χ0v) is 13.1. The molecule has 0 fully saturated rings. The van der Waals surface area contributed by atoms with E-state index in [0.717, 1.165) is 10.4 Å². The van der Waals surface area contributed by atoms with Gasteiger partial charge in [-0.3, -0.25) is 0 Å². The van der Waals surface area contributed by atoms with Crippen molar-refractivity contribution in [2.75, 3.05) is 7.05 Å². The first-order valence-electron chi connectivity index (χ1n) is 6.30. The molecule has 0 aliphatic carbocycles. The van der Waals surface area contributed by atoms with Crippen LogP contribution >= 0.6 is 11.3 Å². The zero-order valence-electron chi connectivity index (χ0n) is 11.5. The van der Waals surface area contributed by atoms with E-state index >= 15 is 0 Å². The molecule has 0 aliphatic rings. The van der Waals surface area contributed by atoms with Crippen LogP contribution in [0.3, 0.4) is 0 Å². The van der Waals surface area contributed by atoms with Gasteiger partial charge in [-0.15, -0.1) is 11.3 Å². The largest absolute Gasteiger partial charge is 0.316 e. The lowest BCUT2D eigenvalue weighted by Gasteiger charge is -2.07. The minimum Gasteiger partial charge on any atom is -0.316 e. The Labute approximate surface area is 123 Å². The lowest BCUT2D eigenvalue weighted by Crippen LogP contribution is -2.23. The second kappa shape index (κ2) is 6.49. The van der Waals surface area contributed by atoms with E-state index in [9.17, 15) is 8.42 Å². The van der Waals surface area contributed by atoms with E-state index in [1.807, 2.05) is 32.2 Å². The maximum absolute atomic E-state index is 12.2. The molecule has 1 heterocycles. The summed E-state index contributed by atoms with van der Waals surface area (Å²) in [4.78, 5) is 2.49. The number of benzene rings is 1.